The zero-order valence-electron chi connectivity index (χ0n) is 18.3. The van der Waals surface area contributed by atoms with Gasteiger partial charge in [0.1, 0.15) is 23.7 Å². The number of hydrogen-bond donors (Lipinski definition) is 2. The molecule has 10 heteroatoms. The van der Waals surface area contributed by atoms with E-state index in [9.17, 15) is 9.59 Å². The minimum Gasteiger partial charge on any atom is -0.383 e. The van der Waals surface area contributed by atoms with E-state index in [1.165, 1.54) is 12.4 Å². The quantitative estimate of drug-likeness (QED) is 0.443. The van der Waals surface area contributed by atoms with E-state index in [0.717, 1.165) is 12.0 Å². The SMILES string of the molecule is C=CC(=O)N1CCC(n2nc(-c3ccc(C(=O)Nc4ccccn4)cc3)c3c(N)ncnc32)C1. The van der Waals surface area contributed by atoms with Gasteiger partial charge in [-0.15, -0.1) is 0 Å². The highest BCUT2D eigenvalue weighted by Gasteiger charge is 2.30. The Morgan fingerprint density at radius 1 is 1.12 bits per heavy atom. The van der Waals surface area contributed by atoms with Gasteiger partial charge in [-0.3, -0.25) is 9.59 Å². The van der Waals surface area contributed by atoms with Crippen LogP contribution >= 0.6 is 0 Å². The van der Waals surface area contributed by atoms with Gasteiger partial charge in [-0.05, 0) is 36.8 Å². The second-order valence-corrected chi connectivity index (χ2v) is 7.93. The van der Waals surface area contributed by atoms with Crippen LogP contribution in [0.5, 0.6) is 0 Å². The first-order valence-electron chi connectivity index (χ1n) is 10.8. The molecule has 0 aliphatic carbocycles. The molecule has 34 heavy (non-hydrogen) atoms. The number of nitrogens with two attached hydrogens (primary N) is 1. The van der Waals surface area contributed by atoms with Crippen LogP contribution in [0.1, 0.15) is 22.8 Å². The highest BCUT2D eigenvalue weighted by molar-refractivity contribution is 6.04. The van der Waals surface area contributed by atoms with Crippen LogP contribution in [-0.4, -0.2) is 54.5 Å². The van der Waals surface area contributed by atoms with E-state index in [4.69, 9.17) is 10.8 Å². The number of amides is 2. The van der Waals surface area contributed by atoms with Crippen LogP contribution in [0.2, 0.25) is 0 Å². The summed E-state index contributed by atoms with van der Waals surface area (Å²) in [6.45, 7) is 4.70. The summed E-state index contributed by atoms with van der Waals surface area (Å²) in [6.07, 6.45) is 5.09. The topological polar surface area (TPSA) is 132 Å². The van der Waals surface area contributed by atoms with Gasteiger partial charge in [0.25, 0.3) is 5.91 Å². The zero-order valence-corrected chi connectivity index (χ0v) is 18.3. The lowest BCUT2D eigenvalue weighted by atomic mass is 10.1. The molecule has 3 aromatic heterocycles. The lowest BCUT2D eigenvalue weighted by molar-refractivity contribution is -0.125. The minimum atomic E-state index is -0.263. The summed E-state index contributed by atoms with van der Waals surface area (Å²) in [7, 11) is 0. The van der Waals surface area contributed by atoms with Crippen molar-refractivity contribution in [2.24, 2.45) is 0 Å². The van der Waals surface area contributed by atoms with Crippen molar-refractivity contribution in [1.82, 2.24) is 29.6 Å². The first-order valence-corrected chi connectivity index (χ1v) is 10.8. The zero-order chi connectivity index (χ0) is 23.7. The normalized spacial score (nSPS) is 15.4. The molecule has 2 amide bonds. The first kappa shape index (κ1) is 21.3. The lowest BCUT2D eigenvalue weighted by Gasteiger charge is -2.14. The van der Waals surface area contributed by atoms with Gasteiger partial charge in [0, 0.05) is 30.4 Å². The standard InChI is InChI=1S/C24H22N8O2/c1-2-19(33)31-12-10-17(13-31)32-23-20(22(25)27-14-28-23)21(30-32)15-6-8-16(9-7-15)24(34)29-18-5-3-4-11-26-18/h2-9,11,14,17H,1,10,12-13H2,(H2,25,27,28)(H,26,29,34). The molecule has 1 aromatic carbocycles. The molecule has 10 nitrogen and oxygen atoms in total. The number of nitrogens with zero attached hydrogens (tertiary/aromatic N) is 6. The number of benzene rings is 1. The third kappa shape index (κ3) is 3.85. The van der Waals surface area contributed by atoms with Gasteiger partial charge < -0.3 is 16.0 Å². The summed E-state index contributed by atoms with van der Waals surface area (Å²) in [4.78, 5) is 39.0. The molecule has 4 aromatic rings. The molecule has 1 aliphatic heterocycles. The molecule has 5 rings (SSSR count). The molecule has 0 saturated carbocycles. The Morgan fingerprint density at radius 3 is 2.68 bits per heavy atom. The number of carbonyl (C=O) groups is 2. The third-order valence-electron chi connectivity index (χ3n) is 5.84. The Morgan fingerprint density at radius 2 is 1.94 bits per heavy atom. The van der Waals surface area contributed by atoms with E-state index < -0.39 is 0 Å². The summed E-state index contributed by atoms with van der Waals surface area (Å²) in [5, 5.41) is 8.23. The number of aromatic nitrogens is 5. The summed E-state index contributed by atoms with van der Waals surface area (Å²) < 4.78 is 1.82. The van der Waals surface area contributed by atoms with Gasteiger partial charge in [0.05, 0.1) is 11.4 Å². The Kier molecular flexibility index (Phi) is 5.46. The van der Waals surface area contributed by atoms with E-state index in [0.29, 0.717) is 47.0 Å². The van der Waals surface area contributed by atoms with Crippen LogP contribution in [0.15, 0.2) is 67.6 Å². The van der Waals surface area contributed by atoms with Gasteiger partial charge in [-0.25, -0.2) is 19.6 Å². The van der Waals surface area contributed by atoms with E-state index >= 15 is 0 Å². The second-order valence-electron chi connectivity index (χ2n) is 7.93. The Labute approximate surface area is 195 Å². The maximum Gasteiger partial charge on any atom is 0.256 e. The predicted octanol–water partition coefficient (Wildman–Crippen LogP) is 2.68. The molecule has 0 spiro atoms. The monoisotopic (exact) mass is 454 g/mol. The van der Waals surface area contributed by atoms with E-state index in [1.54, 1.807) is 41.4 Å². The van der Waals surface area contributed by atoms with Crippen molar-refractivity contribution in [2.75, 3.05) is 24.1 Å². The van der Waals surface area contributed by atoms with Crippen molar-refractivity contribution in [1.29, 1.82) is 0 Å². The number of pyridine rings is 1. The van der Waals surface area contributed by atoms with Crippen LogP contribution in [-0.2, 0) is 4.79 Å². The summed E-state index contributed by atoms with van der Waals surface area (Å²) in [6, 6.07) is 12.3. The van der Waals surface area contributed by atoms with Gasteiger partial charge in [0.15, 0.2) is 5.65 Å². The Bertz CT molecular complexity index is 1380. The fourth-order valence-corrected chi connectivity index (χ4v) is 4.13. The molecule has 1 aliphatic rings. The summed E-state index contributed by atoms with van der Waals surface area (Å²) in [5.74, 6) is 0.432. The van der Waals surface area contributed by atoms with Crippen LogP contribution < -0.4 is 11.1 Å². The maximum absolute atomic E-state index is 12.6. The van der Waals surface area contributed by atoms with Crippen molar-refractivity contribution >= 4 is 34.5 Å². The van der Waals surface area contributed by atoms with Gasteiger partial charge >= 0.3 is 0 Å². The smallest absolute Gasteiger partial charge is 0.256 e. The number of nitrogen functional groups attached to an aromatic ring is 1. The Balaban J connectivity index is 1.46. The van der Waals surface area contributed by atoms with Crippen molar-refractivity contribution in [3.63, 3.8) is 0 Å². The van der Waals surface area contributed by atoms with Gasteiger partial charge in [-0.1, -0.05) is 24.8 Å². The van der Waals surface area contributed by atoms with Crippen LogP contribution in [0, 0.1) is 0 Å². The molecule has 1 fully saturated rings. The second kappa shape index (κ2) is 8.74. The number of rotatable bonds is 5. The van der Waals surface area contributed by atoms with Crippen molar-refractivity contribution < 1.29 is 9.59 Å². The molecule has 4 heterocycles. The Hall–Kier alpha value is -4.60. The average Bonchev–Trinajstić information content (AvgIpc) is 3.50. The number of nitrogens with one attached hydrogen (secondary N) is 1. The van der Waals surface area contributed by atoms with Crippen LogP contribution in [0.25, 0.3) is 22.3 Å². The molecule has 170 valence electrons. The molecule has 0 radical (unpaired) electrons. The number of carbonyl (C=O) groups excluding carboxylic acids is 2. The fourth-order valence-electron chi connectivity index (χ4n) is 4.13. The minimum absolute atomic E-state index is 0.0436. The first-order chi connectivity index (χ1) is 16.5. The molecule has 0 bridgehead atoms. The highest BCUT2D eigenvalue weighted by atomic mass is 16.2. The van der Waals surface area contributed by atoms with Crippen LogP contribution in [0.4, 0.5) is 11.6 Å². The van der Waals surface area contributed by atoms with Crippen molar-refractivity contribution in [3.8, 4) is 11.3 Å². The van der Waals surface area contributed by atoms with Gasteiger partial charge in [-0.2, -0.15) is 5.10 Å². The lowest BCUT2D eigenvalue weighted by Crippen LogP contribution is -2.27. The molecular formula is C24H22N8O2. The fraction of sp³-hybridized carbons (Fsp3) is 0.167. The number of hydrogen-bond acceptors (Lipinski definition) is 7. The highest BCUT2D eigenvalue weighted by Crippen LogP contribution is 2.34. The molecule has 1 saturated heterocycles. The predicted molar refractivity (Wildman–Crippen MR) is 128 cm³/mol. The molecule has 1 atom stereocenters. The molecular weight excluding hydrogens is 432 g/mol. The van der Waals surface area contributed by atoms with E-state index in [1.807, 2.05) is 16.8 Å². The van der Waals surface area contributed by atoms with E-state index in [2.05, 4.69) is 26.8 Å². The average molecular weight is 454 g/mol. The third-order valence-corrected chi connectivity index (χ3v) is 5.84. The number of anilines is 2. The summed E-state index contributed by atoms with van der Waals surface area (Å²) >= 11 is 0. The number of likely N-dealkylation sites (tertiary alicyclic amines) is 1. The van der Waals surface area contributed by atoms with E-state index in [-0.39, 0.29) is 17.9 Å². The van der Waals surface area contributed by atoms with Crippen LogP contribution in [0.3, 0.4) is 0 Å². The number of fused-ring (bicyclic) bond motifs is 1. The molecule has 3 N–H and O–H groups in total. The largest absolute Gasteiger partial charge is 0.383 e. The van der Waals surface area contributed by atoms with Crippen molar-refractivity contribution in [2.45, 2.75) is 12.5 Å². The molecule has 1 unspecified atom stereocenters. The maximum atomic E-state index is 12.6. The summed E-state index contributed by atoms with van der Waals surface area (Å²) in [5.41, 5.74) is 8.70. The van der Waals surface area contributed by atoms with Gasteiger partial charge in [0.2, 0.25) is 5.91 Å². The van der Waals surface area contributed by atoms with Crippen molar-refractivity contribution in [3.05, 3.63) is 73.2 Å².